The van der Waals surface area contributed by atoms with E-state index in [0.29, 0.717) is 37.8 Å². The first-order chi connectivity index (χ1) is 8.59. The number of aromatic nitrogens is 2. The van der Waals surface area contributed by atoms with Gasteiger partial charge in [-0.15, -0.1) is 0 Å². The molecule has 2 heterocycles. The Morgan fingerprint density at radius 2 is 2.06 bits per heavy atom. The average Bonchev–Trinajstić information content (AvgIpc) is 2.39. The number of hydrogen-bond acceptors (Lipinski definition) is 6. The minimum atomic E-state index is -0.626. The van der Waals surface area contributed by atoms with Crippen LogP contribution < -0.4 is 16.4 Å². The maximum absolute atomic E-state index is 11.3. The van der Waals surface area contributed by atoms with Crippen molar-refractivity contribution in [1.82, 2.24) is 9.97 Å². The molecule has 0 spiro atoms. The molecule has 0 saturated carbocycles. The van der Waals surface area contributed by atoms with Gasteiger partial charge in [0.25, 0.3) is 5.91 Å². The number of anilines is 1. The van der Waals surface area contributed by atoms with Gasteiger partial charge in [0.1, 0.15) is 10.7 Å². The highest BCUT2D eigenvalue weighted by molar-refractivity contribution is 7.80. The Hall–Kier alpha value is -1.80. The molecule has 1 aliphatic rings. The number of carbonyl (C=O) groups is 1. The molecule has 0 aliphatic carbocycles. The van der Waals surface area contributed by atoms with E-state index >= 15 is 0 Å². The van der Waals surface area contributed by atoms with Gasteiger partial charge in [0.05, 0.1) is 19.4 Å². The van der Waals surface area contributed by atoms with Crippen LogP contribution in [0.5, 0.6) is 0 Å². The maximum atomic E-state index is 11.3. The van der Waals surface area contributed by atoms with E-state index in [9.17, 15) is 4.79 Å². The number of hydrogen-bond donors (Lipinski definition) is 2. The first-order valence-corrected chi connectivity index (χ1v) is 5.79. The summed E-state index contributed by atoms with van der Waals surface area (Å²) in [6.07, 6.45) is 1.35. The Labute approximate surface area is 109 Å². The van der Waals surface area contributed by atoms with Gasteiger partial charge in [-0.1, -0.05) is 12.2 Å². The molecule has 1 aliphatic heterocycles. The highest BCUT2D eigenvalue weighted by atomic mass is 32.1. The first-order valence-electron chi connectivity index (χ1n) is 5.39. The number of carbonyl (C=O) groups excluding carboxylic acids is 1. The molecule has 96 valence electrons. The third-order valence-electron chi connectivity index (χ3n) is 2.55. The SMILES string of the molecule is NC(=O)c1ncc(C(N)=S)nc1N1CCOCC1. The fraction of sp³-hybridized carbons (Fsp3) is 0.400. The van der Waals surface area contributed by atoms with Gasteiger partial charge in [-0.05, 0) is 0 Å². The molecule has 7 nitrogen and oxygen atoms in total. The average molecular weight is 267 g/mol. The molecule has 0 atom stereocenters. The summed E-state index contributed by atoms with van der Waals surface area (Å²) in [5, 5.41) is 0. The van der Waals surface area contributed by atoms with Gasteiger partial charge in [-0.3, -0.25) is 4.79 Å². The zero-order valence-electron chi connectivity index (χ0n) is 9.63. The van der Waals surface area contributed by atoms with Crippen LogP contribution in [0.2, 0.25) is 0 Å². The van der Waals surface area contributed by atoms with Crippen LogP contribution in [0, 0.1) is 0 Å². The Balaban J connectivity index is 2.42. The Morgan fingerprint density at radius 3 is 2.61 bits per heavy atom. The number of ether oxygens (including phenoxy) is 1. The summed E-state index contributed by atoms with van der Waals surface area (Å²) in [6.45, 7) is 2.37. The van der Waals surface area contributed by atoms with Crippen LogP contribution in [0.15, 0.2) is 6.20 Å². The largest absolute Gasteiger partial charge is 0.388 e. The maximum Gasteiger partial charge on any atom is 0.271 e. The number of nitrogens with two attached hydrogens (primary N) is 2. The van der Waals surface area contributed by atoms with E-state index in [1.807, 2.05) is 4.90 Å². The molecule has 1 aromatic heterocycles. The lowest BCUT2D eigenvalue weighted by Crippen LogP contribution is -2.38. The molecule has 18 heavy (non-hydrogen) atoms. The molecule has 4 N–H and O–H groups in total. The van der Waals surface area contributed by atoms with Gasteiger partial charge in [0, 0.05) is 13.1 Å². The molecule has 2 rings (SSSR count). The summed E-state index contributed by atoms with van der Waals surface area (Å²) >= 11 is 4.85. The van der Waals surface area contributed by atoms with Crippen LogP contribution in [0.3, 0.4) is 0 Å². The standard InChI is InChI=1S/C10H13N5O2S/c11-8(16)7-10(15-1-3-17-4-2-15)14-6(5-13-7)9(12)18/h5H,1-4H2,(H2,11,16)(H2,12,18). The zero-order chi connectivity index (χ0) is 13.1. The molecule has 0 unspecified atom stereocenters. The molecule has 0 aromatic carbocycles. The van der Waals surface area contributed by atoms with Gasteiger partial charge >= 0.3 is 0 Å². The highest BCUT2D eigenvalue weighted by Gasteiger charge is 2.21. The number of primary amides is 1. The van der Waals surface area contributed by atoms with Crippen LogP contribution in [0.25, 0.3) is 0 Å². The fourth-order valence-electron chi connectivity index (χ4n) is 1.67. The first kappa shape index (κ1) is 12.7. The molecule has 1 aromatic rings. The van der Waals surface area contributed by atoms with Gasteiger partial charge in [-0.25, -0.2) is 9.97 Å². The van der Waals surface area contributed by atoms with E-state index in [-0.39, 0.29) is 10.7 Å². The van der Waals surface area contributed by atoms with Crippen molar-refractivity contribution in [3.8, 4) is 0 Å². The number of nitrogens with zero attached hydrogens (tertiary/aromatic N) is 3. The monoisotopic (exact) mass is 267 g/mol. The molecule has 0 bridgehead atoms. The molecular formula is C10H13N5O2S. The van der Waals surface area contributed by atoms with Crippen molar-refractivity contribution < 1.29 is 9.53 Å². The molecule has 8 heteroatoms. The van der Waals surface area contributed by atoms with Crippen molar-refractivity contribution in [1.29, 1.82) is 0 Å². The molecule has 1 fully saturated rings. The summed E-state index contributed by atoms with van der Waals surface area (Å²) in [7, 11) is 0. The van der Waals surface area contributed by atoms with Crippen molar-refractivity contribution >= 4 is 28.9 Å². The van der Waals surface area contributed by atoms with E-state index in [4.69, 9.17) is 28.4 Å². The van der Waals surface area contributed by atoms with E-state index in [1.165, 1.54) is 6.20 Å². The van der Waals surface area contributed by atoms with Gasteiger partial charge < -0.3 is 21.1 Å². The van der Waals surface area contributed by atoms with Gasteiger partial charge in [0.15, 0.2) is 11.5 Å². The second kappa shape index (κ2) is 5.23. The third-order valence-corrected chi connectivity index (χ3v) is 2.76. The predicted molar refractivity (Wildman–Crippen MR) is 69.5 cm³/mol. The van der Waals surface area contributed by atoms with Crippen LogP contribution >= 0.6 is 12.2 Å². The topological polar surface area (TPSA) is 107 Å². The smallest absolute Gasteiger partial charge is 0.271 e. The lowest BCUT2D eigenvalue weighted by molar-refractivity contribution is 0.0993. The predicted octanol–water partition coefficient (Wildman–Crippen LogP) is -0.954. The van der Waals surface area contributed by atoms with Crippen LogP contribution in [0.1, 0.15) is 16.2 Å². The molecule has 0 radical (unpaired) electrons. The van der Waals surface area contributed by atoms with Crippen molar-refractivity contribution in [3.63, 3.8) is 0 Å². The van der Waals surface area contributed by atoms with Crippen molar-refractivity contribution in [2.45, 2.75) is 0 Å². The normalized spacial score (nSPS) is 15.4. The third kappa shape index (κ3) is 2.54. The summed E-state index contributed by atoms with van der Waals surface area (Å²) in [5.41, 5.74) is 11.3. The molecule has 1 saturated heterocycles. The molecule has 1 amide bonds. The van der Waals surface area contributed by atoms with Crippen molar-refractivity contribution in [2.75, 3.05) is 31.2 Å². The Morgan fingerprint density at radius 1 is 1.39 bits per heavy atom. The Bertz CT molecular complexity index is 487. The number of morpholine rings is 1. The number of amides is 1. The highest BCUT2D eigenvalue weighted by Crippen LogP contribution is 2.17. The second-order valence-electron chi connectivity index (χ2n) is 3.76. The summed E-state index contributed by atoms with van der Waals surface area (Å²) in [4.78, 5) is 21.6. The van der Waals surface area contributed by atoms with E-state index in [2.05, 4.69) is 9.97 Å². The number of rotatable bonds is 3. The van der Waals surface area contributed by atoms with Gasteiger partial charge in [-0.2, -0.15) is 0 Å². The van der Waals surface area contributed by atoms with Crippen molar-refractivity contribution in [3.05, 3.63) is 17.6 Å². The number of thiocarbonyl (C=S) groups is 1. The summed E-state index contributed by atoms with van der Waals surface area (Å²) in [6, 6.07) is 0. The van der Waals surface area contributed by atoms with Crippen molar-refractivity contribution in [2.24, 2.45) is 11.5 Å². The van der Waals surface area contributed by atoms with E-state index in [0.717, 1.165) is 0 Å². The van der Waals surface area contributed by atoms with Gasteiger partial charge in [0.2, 0.25) is 0 Å². The van der Waals surface area contributed by atoms with Crippen LogP contribution in [0.4, 0.5) is 5.82 Å². The van der Waals surface area contributed by atoms with E-state index in [1.54, 1.807) is 0 Å². The second-order valence-corrected chi connectivity index (χ2v) is 4.20. The lowest BCUT2D eigenvalue weighted by Gasteiger charge is -2.28. The minimum Gasteiger partial charge on any atom is -0.388 e. The quantitative estimate of drug-likeness (QED) is 0.679. The summed E-state index contributed by atoms with van der Waals surface area (Å²) in [5.74, 6) is -0.213. The Kier molecular flexibility index (Phi) is 3.68. The summed E-state index contributed by atoms with van der Waals surface area (Å²) < 4.78 is 5.24. The van der Waals surface area contributed by atoms with Crippen LogP contribution in [-0.4, -0.2) is 47.2 Å². The molecular weight excluding hydrogens is 254 g/mol. The lowest BCUT2D eigenvalue weighted by atomic mass is 10.3. The minimum absolute atomic E-state index is 0.122. The van der Waals surface area contributed by atoms with E-state index < -0.39 is 5.91 Å². The zero-order valence-corrected chi connectivity index (χ0v) is 10.4. The fourth-order valence-corrected chi connectivity index (χ4v) is 1.77. The van der Waals surface area contributed by atoms with Crippen LogP contribution in [-0.2, 0) is 4.74 Å².